The number of para-hydroxylation sites is 2. The normalized spacial score (nSPS) is 9.83. The molecule has 0 saturated heterocycles. The van der Waals surface area contributed by atoms with Crippen LogP contribution in [0.25, 0.3) is 11.0 Å². The first-order valence-electron chi connectivity index (χ1n) is 6.32. The summed E-state index contributed by atoms with van der Waals surface area (Å²) in [5.41, 5.74) is 3.56. The van der Waals surface area contributed by atoms with Crippen molar-refractivity contribution in [2.24, 2.45) is 0 Å². The Morgan fingerprint density at radius 2 is 1.67 bits per heavy atom. The molecule has 3 rings (SSSR count). The van der Waals surface area contributed by atoms with Crippen LogP contribution in [0.3, 0.4) is 0 Å². The summed E-state index contributed by atoms with van der Waals surface area (Å²) in [6.07, 6.45) is 4.15. The lowest BCUT2D eigenvalue weighted by Crippen LogP contribution is -1.78. The molecule has 0 amide bonds. The zero-order chi connectivity index (χ0) is 12.6. The van der Waals surface area contributed by atoms with Gasteiger partial charge in [-0.3, -0.25) is 0 Å². The average Bonchev–Trinajstić information content (AvgIpc) is 2.89. The van der Waals surface area contributed by atoms with Crippen molar-refractivity contribution in [2.75, 3.05) is 0 Å². The third-order valence-electron chi connectivity index (χ3n) is 2.71. The second-order valence-corrected chi connectivity index (χ2v) is 4.16. The van der Waals surface area contributed by atoms with E-state index in [1.807, 2.05) is 24.3 Å². The summed E-state index contributed by atoms with van der Waals surface area (Å²) in [5.74, 6) is 0. The maximum Gasteiger partial charge on any atom is 0.0931 e. The number of aryl methyl sites for hydroxylation is 1. The molecule has 0 unspecified atom stereocenters. The van der Waals surface area contributed by atoms with Gasteiger partial charge in [-0.2, -0.15) is 0 Å². The van der Waals surface area contributed by atoms with E-state index in [2.05, 4.69) is 47.2 Å². The maximum atomic E-state index is 4.06. The van der Waals surface area contributed by atoms with Crippen molar-refractivity contribution in [1.29, 1.82) is 0 Å². The molecule has 0 spiro atoms. The monoisotopic (exact) mass is 238 g/mol. The highest BCUT2D eigenvalue weighted by atomic mass is 14.9. The Labute approximate surface area is 108 Å². The van der Waals surface area contributed by atoms with E-state index in [0.717, 1.165) is 11.0 Å². The predicted molar refractivity (Wildman–Crippen MR) is 76.5 cm³/mol. The molecule has 92 valence electrons. The summed E-state index contributed by atoms with van der Waals surface area (Å²) in [4.78, 5) is 7.07. The topological polar surface area (TPSA) is 28.7 Å². The van der Waals surface area contributed by atoms with Gasteiger partial charge in [-0.15, -0.1) is 0 Å². The van der Waals surface area contributed by atoms with E-state index in [9.17, 15) is 0 Å². The molecule has 2 heteroatoms. The first kappa shape index (κ1) is 12.4. The molecule has 3 aromatic rings. The van der Waals surface area contributed by atoms with Crippen LogP contribution in [0.5, 0.6) is 0 Å². The Hall–Kier alpha value is -2.09. The van der Waals surface area contributed by atoms with Crippen molar-refractivity contribution < 1.29 is 0 Å². The van der Waals surface area contributed by atoms with Gasteiger partial charge in [0.15, 0.2) is 0 Å². The van der Waals surface area contributed by atoms with Gasteiger partial charge in [-0.05, 0) is 24.1 Å². The Morgan fingerprint density at radius 3 is 2.39 bits per heavy atom. The summed E-state index contributed by atoms with van der Waals surface area (Å²) < 4.78 is 0. The predicted octanol–water partition coefficient (Wildman–Crippen LogP) is 4.20. The minimum Gasteiger partial charge on any atom is -0.345 e. The Kier molecular flexibility index (Phi) is 4.53. The van der Waals surface area contributed by atoms with Gasteiger partial charge in [0.05, 0.1) is 17.4 Å². The van der Waals surface area contributed by atoms with Crippen LogP contribution in [0.1, 0.15) is 18.9 Å². The number of nitrogens with zero attached hydrogens (tertiary/aromatic N) is 1. The SMILES string of the molecule is CCCc1ccccc1.c1ccc2[nH]cnc2c1. The molecule has 0 aliphatic heterocycles. The van der Waals surface area contributed by atoms with E-state index in [1.165, 1.54) is 18.4 Å². The highest BCUT2D eigenvalue weighted by Gasteiger charge is 1.88. The van der Waals surface area contributed by atoms with Crippen molar-refractivity contribution in [1.82, 2.24) is 9.97 Å². The number of nitrogens with one attached hydrogen (secondary N) is 1. The molecule has 0 atom stereocenters. The summed E-state index contributed by atoms with van der Waals surface area (Å²) >= 11 is 0. The van der Waals surface area contributed by atoms with Crippen LogP contribution in [-0.4, -0.2) is 9.97 Å². The lowest BCUT2D eigenvalue weighted by atomic mass is 10.1. The third kappa shape index (κ3) is 3.45. The van der Waals surface area contributed by atoms with Gasteiger partial charge in [0.25, 0.3) is 0 Å². The van der Waals surface area contributed by atoms with Crippen LogP contribution in [0.4, 0.5) is 0 Å². The van der Waals surface area contributed by atoms with Crippen LogP contribution < -0.4 is 0 Å². The molecule has 1 aromatic heterocycles. The first-order chi connectivity index (χ1) is 8.90. The molecule has 0 bridgehead atoms. The highest BCUT2D eigenvalue weighted by Crippen LogP contribution is 2.05. The zero-order valence-electron chi connectivity index (χ0n) is 10.6. The Morgan fingerprint density at radius 1 is 0.944 bits per heavy atom. The number of benzene rings is 2. The van der Waals surface area contributed by atoms with Crippen molar-refractivity contribution in [3.63, 3.8) is 0 Å². The van der Waals surface area contributed by atoms with Crippen molar-refractivity contribution in [2.45, 2.75) is 19.8 Å². The van der Waals surface area contributed by atoms with Crippen LogP contribution in [0.2, 0.25) is 0 Å². The lowest BCUT2D eigenvalue weighted by molar-refractivity contribution is 0.922. The fourth-order valence-electron chi connectivity index (χ4n) is 1.81. The average molecular weight is 238 g/mol. The van der Waals surface area contributed by atoms with E-state index in [4.69, 9.17) is 0 Å². The van der Waals surface area contributed by atoms with E-state index in [0.29, 0.717) is 0 Å². The second-order valence-electron chi connectivity index (χ2n) is 4.16. The zero-order valence-corrected chi connectivity index (χ0v) is 10.6. The number of rotatable bonds is 2. The van der Waals surface area contributed by atoms with Gasteiger partial charge in [0.1, 0.15) is 0 Å². The number of fused-ring (bicyclic) bond motifs is 1. The van der Waals surface area contributed by atoms with Crippen molar-refractivity contribution in [3.05, 3.63) is 66.5 Å². The van der Waals surface area contributed by atoms with Gasteiger partial charge in [-0.25, -0.2) is 4.98 Å². The number of H-pyrrole nitrogens is 1. The van der Waals surface area contributed by atoms with Gasteiger partial charge in [-0.1, -0.05) is 55.8 Å². The Balaban J connectivity index is 0.000000134. The number of aromatic nitrogens is 2. The Bertz CT molecular complexity index is 539. The second kappa shape index (κ2) is 6.60. The molecule has 0 saturated carbocycles. The van der Waals surface area contributed by atoms with E-state index in [-0.39, 0.29) is 0 Å². The fraction of sp³-hybridized carbons (Fsp3) is 0.188. The summed E-state index contributed by atoms with van der Waals surface area (Å²) in [6, 6.07) is 18.5. The van der Waals surface area contributed by atoms with Crippen LogP contribution >= 0.6 is 0 Å². The van der Waals surface area contributed by atoms with E-state index >= 15 is 0 Å². The summed E-state index contributed by atoms with van der Waals surface area (Å²) in [5, 5.41) is 0. The van der Waals surface area contributed by atoms with Gasteiger partial charge in [0.2, 0.25) is 0 Å². The molecule has 0 radical (unpaired) electrons. The smallest absolute Gasteiger partial charge is 0.0931 e. The quantitative estimate of drug-likeness (QED) is 0.712. The molecular weight excluding hydrogens is 220 g/mol. The first-order valence-corrected chi connectivity index (χ1v) is 6.32. The number of imidazole rings is 1. The van der Waals surface area contributed by atoms with Crippen molar-refractivity contribution >= 4 is 11.0 Å². The van der Waals surface area contributed by atoms with Gasteiger partial charge >= 0.3 is 0 Å². The lowest BCUT2D eigenvalue weighted by Gasteiger charge is -1.93. The van der Waals surface area contributed by atoms with Gasteiger partial charge in [0, 0.05) is 0 Å². The number of hydrogen-bond acceptors (Lipinski definition) is 1. The molecule has 2 aromatic carbocycles. The van der Waals surface area contributed by atoms with Gasteiger partial charge < -0.3 is 4.98 Å². The van der Waals surface area contributed by atoms with Crippen LogP contribution in [-0.2, 0) is 6.42 Å². The molecule has 0 aliphatic carbocycles. The van der Waals surface area contributed by atoms with E-state index < -0.39 is 0 Å². The summed E-state index contributed by atoms with van der Waals surface area (Å²) in [7, 11) is 0. The van der Waals surface area contributed by atoms with Crippen LogP contribution in [0.15, 0.2) is 60.9 Å². The standard InChI is InChI=1S/C9H12.C7H6N2/c1-2-6-9-7-4-3-5-8-9;1-2-4-7-6(3-1)8-5-9-7/h3-5,7-8H,2,6H2,1H3;1-5H,(H,8,9). The fourth-order valence-corrected chi connectivity index (χ4v) is 1.81. The molecule has 0 fully saturated rings. The van der Waals surface area contributed by atoms with E-state index in [1.54, 1.807) is 6.33 Å². The summed E-state index contributed by atoms with van der Waals surface area (Å²) in [6.45, 7) is 2.20. The van der Waals surface area contributed by atoms with Crippen LogP contribution in [0, 0.1) is 0 Å². The number of aromatic amines is 1. The molecule has 18 heavy (non-hydrogen) atoms. The van der Waals surface area contributed by atoms with Crippen molar-refractivity contribution in [3.8, 4) is 0 Å². The molecular formula is C16H18N2. The molecule has 1 heterocycles. The number of hydrogen-bond donors (Lipinski definition) is 1. The minimum absolute atomic E-state index is 1.03. The molecule has 2 nitrogen and oxygen atoms in total. The largest absolute Gasteiger partial charge is 0.345 e. The minimum atomic E-state index is 1.03. The third-order valence-corrected chi connectivity index (χ3v) is 2.71. The molecule has 1 N–H and O–H groups in total. The maximum absolute atomic E-state index is 4.06. The highest BCUT2D eigenvalue weighted by molar-refractivity contribution is 5.73. The molecule has 0 aliphatic rings.